The van der Waals surface area contributed by atoms with Crippen LogP contribution in [0.4, 0.5) is 5.69 Å². The highest BCUT2D eigenvalue weighted by atomic mass is 79.9. The van der Waals surface area contributed by atoms with E-state index < -0.39 is 10.0 Å². The van der Waals surface area contributed by atoms with E-state index in [9.17, 15) is 13.5 Å². The molecular weight excluding hydrogens is 342 g/mol. The second kappa shape index (κ2) is 5.46. The fourth-order valence-corrected chi connectivity index (χ4v) is 3.44. The molecule has 6 heteroatoms. The molecule has 0 aromatic heterocycles. The first-order valence-corrected chi connectivity index (χ1v) is 8.17. The van der Waals surface area contributed by atoms with Gasteiger partial charge in [-0.25, -0.2) is 8.42 Å². The zero-order valence-electron chi connectivity index (χ0n) is 11.0. The van der Waals surface area contributed by atoms with Crippen LogP contribution in [0, 0.1) is 13.8 Å². The van der Waals surface area contributed by atoms with Crippen molar-refractivity contribution in [1.82, 2.24) is 0 Å². The summed E-state index contributed by atoms with van der Waals surface area (Å²) in [4.78, 5) is 0.190. The van der Waals surface area contributed by atoms with Gasteiger partial charge in [0, 0.05) is 10.0 Å². The summed E-state index contributed by atoms with van der Waals surface area (Å²) >= 11 is 3.30. The lowest BCUT2D eigenvalue weighted by Gasteiger charge is -2.14. The minimum Gasteiger partial charge on any atom is -0.507 e. The first-order valence-electron chi connectivity index (χ1n) is 5.89. The second-order valence-electron chi connectivity index (χ2n) is 4.45. The number of benzene rings is 2. The molecular formula is C14H14BrNO3S. The van der Waals surface area contributed by atoms with Crippen LogP contribution in [0.15, 0.2) is 45.8 Å². The van der Waals surface area contributed by atoms with Crippen LogP contribution in [0.2, 0.25) is 0 Å². The maximum absolute atomic E-state index is 12.3. The molecule has 2 aromatic carbocycles. The van der Waals surface area contributed by atoms with E-state index in [1.165, 1.54) is 12.1 Å². The highest BCUT2D eigenvalue weighted by Crippen LogP contribution is 2.36. The summed E-state index contributed by atoms with van der Waals surface area (Å²) < 4.78 is 27.6. The summed E-state index contributed by atoms with van der Waals surface area (Å²) in [5.41, 5.74) is 1.61. The number of phenolic OH excluding ortho intramolecular Hbond substituents is 1. The van der Waals surface area contributed by atoms with Crippen LogP contribution in [0.25, 0.3) is 0 Å². The van der Waals surface area contributed by atoms with Gasteiger partial charge >= 0.3 is 0 Å². The third-order valence-electron chi connectivity index (χ3n) is 2.95. The molecule has 0 saturated carbocycles. The van der Waals surface area contributed by atoms with Gasteiger partial charge < -0.3 is 5.11 Å². The molecule has 2 rings (SSSR count). The lowest BCUT2D eigenvalue weighted by Crippen LogP contribution is -2.13. The van der Waals surface area contributed by atoms with Crippen molar-refractivity contribution >= 4 is 31.6 Å². The summed E-state index contributed by atoms with van der Waals surface area (Å²) in [7, 11) is -3.64. The summed E-state index contributed by atoms with van der Waals surface area (Å²) in [6, 6.07) is 9.72. The molecule has 0 unspecified atom stereocenters. The molecule has 0 aliphatic carbocycles. The third kappa shape index (κ3) is 2.81. The molecule has 20 heavy (non-hydrogen) atoms. The highest BCUT2D eigenvalue weighted by Gasteiger charge is 2.17. The van der Waals surface area contributed by atoms with Crippen LogP contribution in [0.1, 0.15) is 11.1 Å². The van der Waals surface area contributed by atoms with E-state index in [-0.39, 0.29) is 10.6 Å². The van der Waals surface area contributed by atoms with Gasteiger partial charge in [0.15, 0.2) is 0 Å². The van der Waals surface area contributed by atoms with Gasteiger partial charge in [-0.1, -0.05) is 18.2 Å². The summed E-state index contributed by atoms with van der Waals surface area (Å²) in [6.07, 6.45) is 0. The van der Waals surface area contributed by atoms with Crippen molar-refractivity contribution in [2.75, 3.05) is 4.72 Å². The Kier molecular flexibility index (Phi) is 4.06. The van der Waals surface area contributed by atoms with Crippen molar-refractivity contribution < 1.29 is 13.5 Å². The van der Waals surface area contributed by atoms with E-state index in [2.05, 4.69) is 20.7 Å². The van der Waals surface area contributed by atoms with Gasteiger partial charge in [0.25, 0.3) is 10.0 Å². The second-order valence-corrected chi connectivity index (χ2v) is 6.92. The number of aryl methyl sites for hydroxylation is 1. The first kappa shape index (κ1) is 14.9. The Morgan fingerprint density at radius 1 is 1.15 bits per heavy atom. The van der Waals surface area contributed by atoms with Gasteiger partial charge in [-0.3, -0.25) is 4.72 Å². The zero-order valence-corrected chi connectivity index (χ0v) is 13.4. The van der Waals surface area contributed by atoms with Gasteiger partial charge in [0.1, 0.15) is 5.75 Å². The quantitative estimate of drug-likeness (QED) is 0.827. The van der Waals surface area contributed by atoms with Crippen LogP contribution in [-0.4, -0.2) is 13.5 Å². The number of nitrogens with one attached hydrogen (secondary N) is 1. The molecule has 0 spiro atoms. The molecule has 2 N–H and O–H groups in total. The van der Waals surface area contributed by atoms with E-state index in [1.807, 2.05) is 0 Å². The van der Waals surface area contributed by atoms with Gasteiger partial charge in [0.05, 0.1) is 10.6 Å². The molecule has 0 bridgehead atoms. The van der Waals surface area contributed by atoms with Gasteiger partial charge in [-0.05, 0) is 53.5 Å². The predicted octanol–water partition coefficient (Wildman–Crippen LogP) is 3.57. The number of hydrogen-bond donors (Lipinski definition) is 2. The smallest absolute Gasteiger partial charge is 0.261 e. The highest BCUT2D eigenvalue weighted by molar-refractivity contribution is 9.10. The van der Waals surface area contributed by atoms with Gasteiger partial charge in [0.2, 0.25) is 0 Å². The van der Waals surface area contributed by atoms with Crippen molar-refractivity contribution in [3.63, 3.8) is 0 Å². The van der Waals surface area contributed by atoms with Crippen LogP contribution in [-0.2, 0) is 10.0 Å². The lowest BCUT2D eigenvalue weighted by molar-refractivity contribution is 0.466. The molecule has 0 radical (unpaired) electrons. The molecule has 0 aliphatic rings. The summed E-state index contributed by atoms with van der Waals surface area (Å²) in [5.74, 6) is 0.152. The Labute approximate surface area is 126 Å². The number of anilines is 1. The normalized spacial score (nSPS) is 11.3. The van der Waals surface area contributed by atoms with E-state index in [4.69, 9.17) is 0 Å². The number of sulfonamides is 1. The Balaban J connectivity index is 2.46. The van der Waals surface area contributed by atoms with Gasteiger partial charge in [-0.2, -0.15) is 0 Å². The molecule has 0 aliphatic heterocycles. The fourth-order valence-electron chi connectivity index (χ4n) is 1.83. The molecule has 0 heterocycles. The Bertz CT molecular complexity index is 743. The Hall–Kier alpha value is -1.53. The van der Waals surface area contributed by atoms with Crippen LogP contribution in [0.5, 0.6) is 5.75 Å². The standard InChI is InChI=1S/C14H14BrNO3S/c1-9-8-12(13(15)10(2)14(9)17)16-20(18,19)11-6-4-3-5-7-11/h3-8,16-17H,1-2H3. The maximum Gasteiger partial charge on any atom is 0.261 e. The average molecular weight is 356 g/mol. The average Bonchev–Trinajstić information content (AvgIpc) is 2.43. The largest absolute Gasteiger partial charge is 0.507 e. The maximum atomic E-state index is 12.3. The fraction of sp³-hybridized carbons (Fsp3) is 0.143. The molecule has 0 fully saturated rings. The van der Waals surface area contributed by atoms with E-state index in [0.717, 1.165) is 0 Å². The van der Waals surface area contributed by atoms with E-state index in [1.54, 1.807) is 38.1 Å². The molecule has 0 amide bonds. The van der Waals surface area contributed by atoms with Crippen molar-refractivity contribution in [2.24, 2.45) is 0 Å². The summed E-state index contributed by atoms with van der Waals surface area (Å²) in [6.45, 7) is 3.43. The predicted molar refractivity (Wildman–Crippen MR) is 82.5 cm³/mol. The molecule has 0 atom stereocenters. The van der Waals surface area contributed by atoms with E-state index >= 15 is 0 Å². The summed E-state index contributed by atoms with van der Waals surface area (Å²) in [5, 5.41) is 9.82. The van der Waals surface area contributed by atoms with Crippen molar-refractivity contribution in [3.05, 3.63) is 52.0 Å². The monoisotopic (exact) mass is 355 g/mol. The van der Waals surface area contributed by atoms with E-state index in [0.29, 0.717) is 21.3 Å². The van der Waals surface area contributed by atoms with Crippen molar-refractivity contribution in [2.45, 2.75) is 18.7 Å². The van der Waals surface area contributed by atoms with Gasteiger partial charge in [-0.15, -0.1) is 0 Å². The van der Waals surface area contributed by atoms with Crippen molar-refractivity contribution in [1.29, 1.82) is 0 Å². The number of aromatic hydroxyl groups is 1. The molecule has 2 aromatic rings. The molecule has 0 saturated heterocycles. The topological polar surface area (TPSA) is 66.4 Å². The third-order valence-corrected chi connectivity index (χ3v) is 5.36. The number of halogens is 1. The number of hydrogen-bond acceptors (Lipinski definition) is 3. The number of phenols is 1. The van der Waals surface area contributed by atoms with Crippen LogP contribution in [0.3, 0.4) is 0 Å². The zero-order chi connectivity index (χ0) is 14.9. The lowest BCUT2D eigenvalue weighted by atomic mass is 10.1. The molecule has 4 nitrogen and oxygen atoms in total. The molecule has 106 valence electrons. The Morgan fingerprint density at radius 2 is 1.75 bits per heavy atom. The minimum absolute atomic E-state index is 0.152. The minimum atomic E-state index is -3.64. The van der Waals surface area contributed by atoms with Crippen LogP contribution < -0.4 is 4.72 Å². The SMILES string of the molecule is Cc1cc(NS(=O)(=O)c2ccccc2)c(Br)c(C)c1O. The van der Waals surface area contributed by atoms with Crippen molar-refractivity contribution in [3.8, 4) is 5.75 Å². The first-order chi connectivity index (χ1) is 9.33. The number of rotatable bonds is 3. The van der Waals surface area contributed by atoms with Crippen LogP contribution >= 0.6 is 15.9 Å². The Morgan fingerprint density at radius 3 is 2.35 bits per heavy atom.